The van der Waals surface area contributed by atoms with Crippen molar-refractivity contribution in [3.8, 4) is 5.75 Å². The minimum absolute atomic E-state index is 0.177. The molecule has 0 saturated heterocycles. The number of nitrogens with one attached hydrogen (secondary N) is 2. The number of hydrogen-bond donors (Lipinski definition) is 2. The summed E-state index contributed by atoms with van der Waals surface area (Å²) in [5, 5.41) is 8.81. The van der Waals surface area contributed by atoms with Gasteiger partial charge in [-0.1, -0.05) is 0 Å². The van der Waals surface area contributed by atoms with Crippen molar-refractivity contribution in [2.24, 2.45) is 7.05 Å². The zero-order valence-electron chi connectivity index (χ0n) is 12.2. The number of ether oxygens (including phenoxy) is 1. The molecule has 0 saturated carbocycles. The van der Waals surface area contributed by atoms with E-state index in [1.807, 2.05) is 0 Å². The van der Waals surface area contributed by atoms with Crippen LogP contribution in [-0.4, -0.2) is 29.0 Å². The number of carbonyl (C=O) groups is 1. The van der Waals surface area contributed by atoms with Crippen LogP contribution in [0.25, 0.3) is 0 Å². The Bertz CT molecular complexity index is 676. The molecule has 0 bridgehead atoms. The molecule has 1 aromatic heterocycles. The van der Waals surface area contributed by atoms with E-state index in [1.54, 1.807) is 24.0 Å². The third-order valence-electron chi connectivity index (χ3n) is 3.00. The van der Waals surface area contributed by atoms with Crippen LogP contribution in [0.5, 0.6) is 5.75 Å². The van der Waals surface area contributed by atoms with Gasteiger partial charge in [-0.2, -0.15) is 13.9 Å². The second kappa shape index (κ2) is 7.52. The van der Waals surface area contributed by atoms with Gasteiger partial charge in [-0.3, -0.25) is 4.68 Å². The summed E-state index contributed by atoms with van der Waals surface area (Å²) in [6.45, 7) is -2.78. The van der Waals surface area contributed by atoms with Crippen LogP contribution in [0, 0.1) is 5.82 Å². The molecule has 2 rings (SSSR count). The molecule has 1 aromatic carbocycles. The van der Waals surface area contributed by atoms with Crippen molar-refractivity contribution in [3.05, 3.63) is 42.0 Å². The highest BCUT2D eigenvalue weighted by molar-refractivity contribution is 5.90. The van der Waals surface area contributed by atoms with E-state index >= 15 is 0 Å². The second-order valence-electron chi connectivity index (χ2n) is 4.60. The molecule has 0 radical (unpaired) electrons. The number of carbonyl (C=O) groups excluding carboxylic acids is 1. The fraction of sp³-hybridized carbons (Fsp3) is 0.286. The highest BCUT2D eigenvalue weighted by Crippen LogP contribution is 2.26. The van der Waals surface area contributed by atoms with E-state index in [0.717, 1.165) is 23.9 Å². The minimum Gasteiger partial charge on any atom is -0.433 e. The van der Waals surface area contributed by atoms with Crippen molar-refractivity contribution in [3.63, 3.8) is 0 Å². The van der Waals surface area contributed by atoms with E-state index in [-0.39, 0.29) is 11.4 Å². The lowest BCUT2D eigenvalue weighted by molar-refractivity contribution is -0.0494. The normalized spacial score (nSPS) is 10.7. The molecule has 0 unspecified atom stereocenters. The van der Waals surface area contributed by atoms with Crippen molar-refractivity contribution < 1.29 is 22.7 Å². The minimum atomic E-state index is -3.08. The number of nitrogens with zero attached hydrogens (tertiary/aromatic N) is 2. The largest absolute Gasteiger partial charge is 0.433 e. The fourth-order valence-corrected chi connectivity index (χ4v) is 1.92. The van der Waals surface area contributed by atoms with Crippen molar-refractivity contribution >= 4 is 11.7 Å². The molecule has 9 heteroatoms. The topological polar surface area (TPSA) is 68.2 Å². The summed E-state index contributed by atoms with van der Waals surface area (Å²) < 4.78 is 43.7. The maximum atomic E-state index is 13.2. The van der Waals surface area contributed by atoms with Crippen LogP contribution >= 0.6 is 0 Å². The number of amides is 2. The standard InChI is InChI=1S/C14H15F3N4O2/c1-21-10(5-7-19-21)4-6-18-14(22)20-11-8-9(15)2-3-12(11)23-13(16)17/h2-3,5,7-8,13H,4,6H2,1H3,(H2,18,20,22). The number of rotatable bonds is 6. The van der Waals surface area contributed by atoms with Crippen LogP contribution in [0.2, 0.25) is 0 Å². The van der Waals surface area contributed by atoms with Gasteiger partial charge in [-0.05, 0) is 18.2 Å². The molecule has 2 amide bonds. The molecule has 0 aliphatic carbocycles. The van der Waals surface area contributed by atoms with Crippen molar-refractivity contribution in [2.75, 3.05) is 11.9 Å². The van der Waals surface area contributed by atoms with Crippen LogP contribution in [0.3, 0.4) is 0 Å². The van der Waals surface area contributed by atoms with Gasteiger partial charge in [0.05, 0.1) is 5.69 Å². The summed E-state index contributed by atoms with van der Waals surface area (Å²) in [7, 11) is 1.77. The number of hydrogen-bond acceptors (Lipinski definition) is 3. The van der Waals surface area contributed by atoms with Gasteiger partial charge >= 0.3 is 12.6 Å². The fourth-order valence-electron chi connectivity index (χ4n) is 1.92. The molecule has 6 nitrogen and oxygen atoms in total. The van der Waals surface area contributed by atoms with Gasteiger partial charge in [0.25, 0.3) is 0 Å². The van der Waals surface area contributed by atoms with Crippen LogP contribution in [0.4, 0.5) is 23.7 Å². The molecule has 2 aromatic rings. The Labute approximate surface area is 130 Å². The maximum absolute atomic E-state index is 13.2. The smallest absolute Gasteiger partial charge is 0.387 e. The van der Waals surface area contributed by atoms with E-state index < -0.39 is 18.5 Å². The third-order valence-corrected chi connectivity index (χ3v) is 3.00. The first-order valence-electron chi connectivity index (χ1n) is 6.72. The summed E-state index contributed by atoms with van der Waals surface area (Å²) in [5.74, 6) is -1.00. The average molecular weight is 328 g/mol. The van der Waals surface area contributed by atoms with Gasteiger partial charge in [0.1, 0.15) is 11.6 Å². The number of aromatic nitrogens is 2. The summed E-state index contributed by atoms with van der Waals surface area (Å²) in [6.07, 6.45) is 2.17. The van der Waals surface area contributed by atoms with E-state index in [1.165, 1.54) is 0 Å². The number of aryl methyl sites for hydroxylation is 1. The molecule has 0 spiro atoms. The molecule has 124 valence electrons. The number of benzene rings is 1. The predicted molar refractivity (Wildman–Crippen MR) is 77.0 cm³/mol. The van der Waals surface area contributed by atoms with E-state index in [4.69, 9.17) is 0 Å². The van der Waals surface area contributed by atoms with Gasteiger partial charge in [-0.25, -0.2) is 9.18 Å². The Kier molecular flexibility index (Phi) is 5.45. The Morgan fingerprint density at radius 1 is 1.39 bits per heavy atom. The molecule has 0 fully saturated rings. The van der Waals surface area contributed by atoms with Crippen LogP contribution in [0.1, 0.15) is 5.69 Å². The average Bonchev–Trinajstić information content (AvgIpc) is 2.87. The molecule has 1 heterocycles. The predicted octanol–water partition coefficient (Wildman–Crippen LogP) is 2.52. The van der Waals surface area contributed by atoms with E-state index in [0.29, 0.717) is 13.0 Å². The van der Waals surface area contributed by atoms with Gasteiger partial charge in [-0.15, -0.1) is 0 Å². The van der Waals surface area contributed by atoms with Crippen molar-refractivity contribution in [2.45, 2.75) is 13.0 Å². The summed E-state index contributed by atoms with van der Waals surface area (Å²) in [4.78, 5) is 11.8. The molecule has 0 aliphatic heterocycles. The van der Waals surface area contributed by atoms with Gasteiger partial charge in [0.2, 0.25) is 0 Å². The molecular formula is C14H15F3N4O2. The molecule has 2 N–H and O–H groups in total. The van der Waals surface area contributed by atoms with Crippen molar-refractivity contribution in [1.82, 2.24) is 15.1 Å². The Morgan fingerprint density at radius 3 is 2.83 bits per heavy atom. The lowest BCUT2D eigenvalue weighted by Gasteiger charge is -2.12. The number of halogens is 3. The van der Waals surface area contributed by atoms with Gasteiger partial charge in [0, 0.05) is 38.0 Å². The van der Waals surface area contributed by atoms with E-state index in [9.17, 15) is 18.0 Å². The maximum Gasteiger partial charge on any atom is 0.387 e. The number of anilines is 1. The highest BCUT2D eigenvalue weighted by Gasteiger charge is 2.13. The zero-order valence-corrected chi connectivity index (χ0v) is 12.2. The van der Waals surface area contributed by atoms with Crippen LogP contribution < -0.4 is 15.4 Å². The molecule has 0 aliphatic rings. The summed E-state index contributed by atoms with van der Waals surface area (Å²) in [5.41, 5.74) is 0.737. The Morgan fingerprint density at radius 2 is 2.17 bits per heavy atom. The summed E-state index contributed by atoms with van der Waals surface area (Å²) in [6, 6.07) is 4.03. The Balaban J connectivity index is 1.91. The van der Waals surface area contributed by atoms with Gasteiger partial charge in [0.15, 0.2) is 0 Å². The molecule has 23 heavy (non-hydrogen) atoms. The van der Waals surface area contributed by atoms with Crippen LogP contribution in [0.15, 0.2) is 30.5 Å². The third kappa shape index (κ3) is 4.90. The second-order valence-corrected chi connectivity index (χ2v) is 4.60. The summed E-state index contributed by atoms with van der Waals surface area (Å²) >= 11 is 0. The molecular weight excluding hydrogens is 313 g/mol. The number of urea groups is 1. The first-order chi connectivity index (χ1) is 11.0. The monoisotopic (exact) mass is 328 g/mol. The zero-order chi connectivity index (χ0) is 16.8. The van der Waals surface area contributed by atoms with Gasteiger partial charge < -0.3 is 15.4 Å². The van der Waals surface area contributed by atoms with Crippen molar-refractivity contribution in [1.29, 1.82) is 0 Å². The highest BCUT2D eigenvalue weighted by atomic mass is 19.3. The number of alkyl halides is 2. The lowest BCUT2D eigenvalue weighted by Crippen LogP contribution is -2.31. The van der Waals surface area contributed by atoms with Crippen LogP contribution in [-0.2, 0) is 13.5 Å². The SMILES string of the molecule is Cn1nccc1CCNC(=O)Nc1cc(F)ccc1OC(F)F. The quantitative estimate of drug-likeness (QED) is 0.856. The van der Waals surface area contributed by atoms with E-state index in [2.05, 4.69) is 20.5 Å². The molecule has 0 atom stereocenters. The first-order valence-corrected chi connectivity index (χ1v) is 6.72. The lowest BCUT2D eigenvalue weighted by atomic mass is 10.3. The Hall–Kier alpha value is -2.71. The first kappa shape index (κ1) is 16.7.